The Balaban J connectivity index is 1.64. The zero-order valence-electron chi connectivity index (χ0n) is 15.5. The lowest BCUT2D eigenvalue weighted by Gasteiger charge is -2.27. The maximum atomic E-state index is 12.4. The van der Waals surface area contributed by atoms with Crippen molar-refractivity contribution in [1.82, 2.24) is 19.7 Å². The Morgan fingerprint density at radius 2 is 1.96 bits per heavy atom. The summed E-state index contributed by atoms with van der Waals surface area (Å²) >= 11 is 0. The third kappa shape index (κ3) is 3.40. The number of fused-ring (bicyclic) bond motifs is 1. The summed E-state index contributed by atoms with van der Waals surface area (Å²) in [6.07, 6.45) is 6.09. The summed E-state index contributed by atoms with van der Waals surface area (Å²) in [6, 6.07) is 11.8. The van der Waals surface area contributed by atoms with Gasteiger partial charge in [0, 0.05) is 49.7 Å². The number of carbonyl (C=O) groups is 1. The number of anilines is 2. The SMILES string of the molecule is CN(C)c1ccccc1C1CCCc2nc(NC(=O)c3ccncc3)nn21. The molecule has 1 unspecified atom stereocenters. The zero-order valence-corrected chi connectivity index (χ0v) is 15.5. The molecule has 0 spiro atoms. The number of pyridine rings is 1. The van der Waals surface area contributed by atoms with Crippen LogP contribution >= 0.6 is 0 Å². The van der Waals surface area contributed by atoms with Crippen molar-refractivity contribution in [2.75, 3.05) is 24.3 Å². The van der Waals surface area contributed by atoms with Gasteiger partial charge in [-0.2, -0.15) is 4.98 Å². The molecule has 138 valence electrons. The molecule has 1 aliphatic heterocycles. The maximum absolute atomic E-state index is 12.4. The fourth-order valence-electron chi connectivity index (χ4n) is 3.55. The van der Waals surface area contributed by atoms with Crippen molar-refractivity contribution in [2.24, 2.45) is 0 Å². The second-order valence-electron chi connectivity index (χ2n) is 6.85. The molecule has 4 rings (SSSR count). The normalized spacial score (nSPS) is 15.9. The first-order valence-electron chi connectivity index (χ1n) is 9.06. The van der Waals surface area contributed by atoms with Crippen LogP contribution in [0.4, 0.5) is 11.6 Å². The number of nitrogens with zero attached hydrogens (tertiary/aromatic N) is 5. The summed E-state index contributed by atoms with van der Waals surface area (Å²) in [6.45, 7) is 0. The van der Waals surface area contributed by atoms with Gasteiger partial charge in [0.25, 0.3) is 5.91 Å². The summed E-state index contributed by atoms with van der Waals surface area (Å²) < 4.78 is 1.97. The molecular weight excluding hydrogens is 340 g/mol. The highest BCUT2D eigenvalue weighted by Crippen LogP contribution is 2.35. The second-order valence-corrected chi connectivity index (χ2v) is 6.85. The number of hydrogen-bond acceptors (Lipinski definition) is 5. The fraction of sp³-hybridized carbons (Fsp3) is 0.300. The van der Waals surface area contributed by atoms with Gasteiger partial charge in [0.2, 0.25) is 5.95 Å². The van der Waals surface area contributed by atoms with Gasteiger partial charge in [0.05, 0.1) is 6.04 Å². The molecule has 3 aromatic rings. The number of rotatable bonds is 4. The number of hydrogen-bond donors (Lipinski definition) is 1. The minimum absolute atomic E-state index is 0.117. The van der Waals surface area contributed by atoms with E-state index in [2.05, 4.69) is 43.5 Å². The van der Waals surface area contributed by atoms with E-state index in [9.17, 15) is 4.79 Å². The number of nitrogens with one attached hydrogen (secondary N) is 1. The summed E-state index contributed by atoms with van der Waals surface area (Å²) in [7, 11) is 4.09. The molecule has 7 heteroatoms. The lowest BCUT2D eigenvalue weighted by molar-refractivity contribution is 0.102. The molecule has 0 aliphatic carbocycles. The molecule has 27 heavy (non-hydrogen) atoms. The largest absolute Gasteiger partial charge is 0.377 e. The van der Waals surface area contributed by atoms with Crippen molar-refractivity contribution in [3.8, 4) is 0 Å². The van der Waals surface area contributed by atoms with E-state index in [1.807, 2.05) is 24.8 Å². The van der Waals surface area contributed by atoms with Crippen molar-refractivity contribution in [3.63, 3.8) is 0 Å². The van der Waals surface area contributed by atoms with E-state index in [0.717, 1.165) is 25.1 Å². The van der Waals surface area contributed by atoms with E-state index in [1.54, 1.807) is 24.5 Å². The molecule has 0 saturated carbocycles. The lowest BCUT2D eigenvalue weighted by atomic mass is 9.96. The number of aromatic nitrogens is 4. The van der Waals surface area contributed by atoms with Crippen molar-refractivity contribution in [3.05, 3.63) is 65.7 Å². The smallest absolute Gasteiger partial charge is 0.258 e. The van der Waals surface area contributed by atoms with Gasteiger partial charge in [-0.3, -0.25) is 15.1 Å². The average molecular weight is 362 g/mol. The van der Waals surface area contributed by atoms with Crippen LogP contribution in [0.1, 0.15) is 40.6 Å². The molecule has 0 fully saturated rings. The molecule has 1 aromatic carbocycles. The van der Waals surface area contributed by atoms with Crippen LogP contribution in [0.15, 0.2) is 48.8 Å². The predicted molar refractivity (Wildman–Crippen MR) is 104 cm³/mol. The number of aryl methyl sites for hydroxylation is 1. The minimum Gasteiger partial charge on any atom is -0.377 e. The zero-order chi connectivity index (χ0) is 18.8. The van der Waals surface area contributed by atoms with Crippen molar-refractivity contribution < 1.29 is 4.79 Å². The van der Waals surface area contributed by atoms with E-state index in [4.69, 9.17) is 0 Å². The molecule has 1 amide bonds. The van der Waals surface area contributed by atoms with Gasteiger partial charge in [-0.25, -0.2) is 4.68 Å². The van der Waals surface area contributed by atoms with Crippen LogP contribution < -0.4 is 10.2 Å². The van der Waals surface area contributed by atoms with Crippen LogP contribution in [-0.4, -0.2) is 39.8 Å². The van der Waals surface area contributed by atoms with E-state index in [0.29, 0.717) is 11.5 Å². The van der Waals surface area contributed by atoms with Gasteiger partial charge >= 0.3 is 0 Å². The average Bonchev–Trinajstić information content (AvgIpc) is 3.11. The van der Waals surface area contributed by atoms with Gasteiger partial charge in [-0.15, -0.1) is 5.10 Å². The molecule has 0 radical (unpaired) electrons. The Bertz CT molecular complexity index is 950. The molecule has 1 aliphatic rings. The van der Waals surface area contributed by atoms with Crippen molar-refractivity contribution >= 4 is 17.5 Å². The topological polar surface area (TPSA) is 75.9 Å². The monoisotopic (exact) mass is 362 g/mol. The Labute approximate surface area is 158 Å². The van der Waals surface area contributed by atoms with Crippen molar-refractivity contribution in [1.29, 1.82) is 0 Å². The van der Waals surface area contributed by atoms with Gasteiger partial charge in [-0.05, 0) is 31.0 Å². The highest BCUT2D eigenvalue weighted by molar-refractivity contribution is 6.03. The molecule has 0 saturated heterocycles. The summed E-state index contributed by atoms with van der Waals surface area (Å²) in [5.41, 5.74) is 2.93. The van der Waals surface area contributed by atoms with Crippen LogP contribution in [0.3, 0.4) is 0 Å². The Kier molecular flexibility index (Phi) is 4.58. The van der Waals surface area contributed by atoms with Crippen LogP contribution in [-0.2, 0) is 6.42 Å². The van der Waals surface area contributed by atoms with Crippen molar-refractivity contribution in [2.45, 2.75) is 25.3 Å². The number of amides is 1. The number of benzene rings is 1. The molecule has 7 nitrogen and oxygen atoms in total. The summed E-state index contributed by atoms with van der Waals surface area (Å²) in [5, 5.41) is 7.42. The van der Waals surface area contributed by atoms with Gasteiger partial charge in [0.15, 0.2) is 0 Å². The van der Waals surface area contributed by atoms with Crippen LogP contribution in [0.2, 0.25) is 0 Å². The number of para-hydroxylation sites is 1. The van der Waals surface area contributed by atoms with E-state index < -0.39 is 0 Å². The highest BCUT2D eigenvalue weighted by Gasteiger charge is 2.27. The standard InChI is InChI=1S/C20H22N6O/c1-25(2)16-7-4-3-6-15(16)17-8-5-9-18-22-20(24-26(17)18)23-19(27)14-10-12-21-13-11-14/h3-4,6-7,10-13,17H,5,8-9H2,1-2H3,(H,23,24,27). The van der Waals surface area contributed by atoms with Crippen LogP contribution in [0, 0.1) is 0 Å². The summed E-state index contributed by atoms with van der Waals surface area (Å²) in [5.74, 6) is 1.02. The number of carbonyl (C=O) groups excluding carboxylic acids is 1. The minimum atomic E-state index is -0.231. The quantitative estimate of drug-likeness (QED) is 0.772. The first kappa shape index (κ1) is 17.2. The lowest BCUT2D eigenvalue weighted by Crippen LogP contribution is -2.23. The summed E-state index contributed by atoms with van der Waals surface area (Å²) in [4.78, 5) is 23.0. The molecule has 0 bridgehead atoms. The Morgan fingerprint density at radius 3 is 2.74 bits per heavy atom. The molecular formula is C20H22N6O. The molecule has 1 atom stereocenters. The van der Waals surface area contributed by atoms with Gasteiger partial charge in [0.1, 0.15) is 5.82 Å². The first-order valence-corrected chi connectivity index (χ1v) is 9.06. The van der Waals surface area contributed by atoms with Gasteiger partial charge < -0.3 is 4.90 Å². The highest BCUT2D eigenvalue weighted by atomic mass is 16.1. The van der Waals surface area contributed by atoms with Crippen LogP contribution in [0.25, 0.3) is 0 Å². The van der Waals surface area contributed by atoms with E-state index in [1.165, 1.54) is 11.3 Å². The molecule has 1 N–H and O–H groups in total. The third-order valence-electron chi connectivity index (χ3n) is 4.82. The fourth-order valence-corrected chi connectivity index (χ4v) is 3.55. The molecule has 3 heterocycles. The maximum Gasteiger partial charge on any atom is 0.258 e. The third-order valence-corrected chi connectivity index (χ3v) is 4.82. The Hall–Kier alpha value is -3.22. The molecule has 2 aromatic heterocycles. The van der Waals surface area contributed by atoms with Crippen LogP contribution in [0.5, 0.6) is 0 Å². The van der Waals surface area contributed by atoms with E-state index in [-0.39, 0.29) is 11.9 Å². The Morgan fingerprint density at radius 1 is 1.19 bits per heavy atom. The second kappa shape index (κ2) is 7.19. The van der Waals surface area contributed by atoms with E-state index >= 15 is 0 Å². The first-order chi connectivity index (χ1) is 13.1. The van der Waals surface area contributed by atoms with Gasteiger partial charge in [-0.1, -0.05) is 18.2 Å². The predicted octanol–water partition coefficient (Wildman–Crippen LogP) is 2.92.